The van der Waals surface area contributed by atoms with Crippen molar-refractivity contribution in [1.29, 1.82) is 5.26 Å². The average Bonchev–Trinajstić information content (AvgIpc) is 2.60. The first-order chi connectivity index (χ1) is 11.7. The van der Waals surface area contributed by atoms with Crippen molar-refractivity contribution >= 4 is 41.5 Å². The third kappa shape index (κ3) is 7.76. The van der Waals surface area contributed by atoms with Crippen LogP contribution in [0, 0.1) is 11.3 Å². The zero-order valence-electron chi connectivity index (χ0n) is 14.1. The van der Waals surface area contributed by atoms with Crippen LogP contribution in [0.2, 0.25) is 5.02 Å². The molecule has 0 spiro atoms. The average molecular weight is 469 g/mol. The molecule has 25 heavy (non-hydrogen) atoms. The van der Waals surface area contributed by atoms with Crippen LogP contribution >= 0.6 is 35.6 Å². The molecule has 0 atom stereocenters. The van der Waals surface area contributed by atoms with Crippen LogP contribution in [0.1, 0.15) is 23.6 Å². The number of nitrogens with zero attached hydrogens (tertiary/aromatic N) is 2. The zero-order valence-corrected chi connectivity index (χ0v) is 17.2. The second kappa shape index (κ2) is 11.7. The molecule has 6 heteroatoms. The lowest BCUT2D eigenvalue weighted by Gasteiger charge is -2.11. The lowest BCUT2D eigenvalue weighted by molar-refractivity contribution is 0.799. The third-order valence-corrected chi connectivity index (χ3v) is 3.68. The minimum Gasteiger partial charge on any atom is -0.357 e. The van der Waals surface area contributed by atoms with Crippen LogP contribution in [-0.2, 0) is 13.0 Å². The van der Waals surface area contributed by atoms with Gasteiger partial charge in [0.15, 0.2) is 5.96 Å². The number of rotatable bonds is 6. The Kier molecular flexibility index (Phi) is 9.97. The fourth-order valence-electron chi connectivity index (χ4n) is 2.21. The van der Waals surface area contributed by atoms with Crippen LogP contribution in [0.3, 0.4) is 0 Å². The van der Waals surface area contributed by atoms with Gasteiger partial charge in [0.05, 0.1) is 18.2 Å². The maximum atomic E-state index is 8.82. The van der Waals surface area contributed by atoms with Crippen molar-refractivity contribution in [2.45, 2.75) is 19.9 Å². The Morgan fingerprint density at radius 2 is 1.88 bits per heavy atom. The molecule has 2 aromatic rings. The van der Waals surface area contributed by atoms with Gasteiger partial charge in [-0.3, -0.25) is 0 Å². The second-order valence-electron chi connectivity index (χ2n) is 5.31. The van der Waals surface area contributed by atoms with E-state index in [9.17, 15) is 0 Å². The fourth-order valence-corrected chi connectivity index (χ4v) is 2.43. The highest BCUT2D eigenvalue weighted by Gasteiger charge is 1.99. The molecule has 0 aliphatic rings. The van der Waals surface area contributed by atoms with Crippen LogP contribution in [0.25, 0.3) is 0 Å². The van der Waals surface area contributed by atoms with Crippen molar-refractivity contribution < 1.29 is 0 Å². The molecule has 0 aliphatic heterocycles. The van der Waals surface area contributed by atoms with E-state index in [-0.39, 0.29) is 24.0 Å². The van der Waals surface area contributed by atoms with E-state index in [0.717, 1.165) is 36.1 Å². The van der Waals surface area contributed by atoms with Crippen LogP contribution in [0.5, 0.6) is 0 Å². The molecule has 0 bridgehead atoms. The van der Waals surface area contributed by atoms with Crippen molar-refractivity contribution in [2.24, 2.45) is 4.99 Å². The van der Waals surface area contributed by atoms with Crippen molar-refractivity contribution in [3.8, 4) is 6.07 Å². The van der Waals surface area contributed by atoms with Crippen LogP contribution < -0.4 is 10.6 Å². The van der Waals surface area contributed by atoms with E-state index in [0.29, 0.717) is 12.1 Å². The predicted octanol–water partition coefficient (Wildman–Crippen LogP) is 4.13. The first-order valence-electron chi connectivity index (χ1n) is 7.97. The van der Waals surface area contributed by atoms with E-state index in [2.05, 4.69) is 27.8 Å². The van der Waals surface area contributed by atoms with Gasteiger partial charge in [-0.1, -0.05) is 35.9 Å². The van der Waals surface area contributed by atoms with E-state index >= 15 is 0 Å². The molecule has 2 rings (SSSR count). The molecule has 0 saturated heterocycles. The summed E-state index contributed by atoms with van der Waals surface area (Å²) in [5.74, 6) is 0.781. The molecule has 0 radical (unpaired) electrons. The smallest absolute Gasteiger partial charge is 0.191 e. The van der Waals surface area contributed by atoms with Crippen molar-refractivity contribution in [3.63, 3.8) is 0 Å². The summed E-state index contributed by atoms with van der Waals surface area (Å²) in [6, 6.07) is 17.5. The first kappa shape index (κ1) is 21.3. The van der Waals surface area contributed by atoms with E-state index in [1.807, 2.05) is 49.4 Å². The highest BCUT2D eigenvalue weighted by molar-refractivity contribution is 14.0. The third-order valence-electron chi connectivity index (χ3n) is 3.44. The summed E-state index contributed by atoms with van der Waals surface area (Å²) < 4.78 is 0. The van der Waals surface area contributed by atoms with E-state index in [4.69, 9.17) is 16.9 Å². The first-order valence-corrected chi connectivity index (χ1v) is 8.34. The van der Waals surface area contributed by atoms with Crippen molar-refractivity contribution in [1.82, 2.24) is 10.6 Å². The minimum atomic E-state index is 0. The van der Waals surface area contributed by atoms with Gasteiger partial charge in [-0.05, 0) is 48.7 Å². The van der Waals surface area contributed by atoms with Crippen molar-refractivity contribution in [3.05, 3.63) is 70.2 Å². The van der Waals surface area contributed by atoms with Crippen LogP contribution in [0.4, 0.5) is 0 Å². The molecule has 0 amide bonds. The molecule has 2 aromatic carbocycles. The maximum Gasteiger partial charge on any atom is 0.191 e. The summed E-state index contributed by atoms with van der Waals surface area (Å²) in [6.07, 6.45) is 0.877. The molecule has 0 heterocycles. The minimum absolute atomic E-state index is 0. The Balaban J connectivity index is 0.00000312. The summed E-state index contributed by atoms with van der Waals surface area (Å²) in [6.45, 7) is 4.18. The maximum absolute atomic E-state index is 8.82. The number of guanidine groups is 1. The number of hydrogen-bond donors (Lipinski definition) is 2. The molecular formula is C19H22ClIN4. The number of nitrogens with one attached hydrogen (secondary N) is 2. The van der Waals surface area contributed by atoms with Gasteiger partial charge in [0, 0.05) is 18.1 Å². The Bertz CT molecular complexity index is 723. The van der Waals surface area contributed by atoms with Crippen LogP contribution in [-0.4, -0.2) is 19.0 Å². The van der Waals surface area contributed by atoms with Crippen LogP contribution in [0.15, 0.2) is 53.5 Å². The predicted molar refractivity (Wildman–Crippen MR) is 115 cm³/mol. The second-order valence-corrected chi connectivity index (χ2v) is 5.75. The van der Waals surface area contributed by atoms with Gasteiger partial charge in [-0.2, -0.15) is 5.26 Å². The lowest BCUT2D eigenvalue weighted by atomic mass is 10.1. The number of hydrogen-bond acceptors (Lipinski definition) is 2. The summed E-state index contributed by atoms with van der Waals surface area (Å²) in [5.41, 5.74) is 2.92. The van der Waals surface area contributed by atoms with Gasteiger partial charge >= 0.3 is 0 Å². The number of benzene rings is 2. The highest BCUT2D eigenvalue weighted by atomic mass is 127. The number of nitriles is 1. The Morgan fingerprint density at radius 3 is 2.52 bits per heavy atom. The standard InChI is InChI=1S/C19H21ClN4.HI/c1-2-22-19(23-11-10-15-4-3-5-18(20)12-15)24-14-17-8-6-16(13-21)7-9-17;/h3-9,12H,2,10-11,14H2,1H3,(H2,22,23,24);1H. The molecular weight excluding hydrogens is 447 g/mol. The fraction of sp³-hybridized carbons (Fsp3) is 0.263. The van der Waals surface area contributed by atoms with Gasteiger partial charge in [0.1, 0.15) is 0 Å². The molecule has 0 aliphatic carbocycles. The molecule has 132 valence electrons. The molecule has 0 fully saturated rings. The number of halogens is 2. The van der Waals surface area contributed by atoms with Gasteiger partial charge in [0.25, 0.3) is 0 Å². The van der Waals surface area contributed by atoms with Gasteiger partial charge in [-0.15, -0.1) is 24.0 Å². The molecule has 4 nitrogen and oxygen atoms in total. The summed E-state index contributed by atoms with van der Waals surface area (Å²) in [4.78, 5) is 4.57. The van der Waals surface area contributed by atoms with E-state index < -0.39 is 0 Å². The SMILES string of the molecule is CCNC(=NCc1ccc(C#N)cc1)NCCc1cccc(Cl)c1.I. The zero-order chi connectivity index (χ0) is 17.2. The van der Waals surface area contributed by atoms with Gasteiger partial charge in [-0.25, -0.2) is 4.99 Å². The van der Waals surface area contributed by atoms with Gasteiger partial charge in [0.2, 0.25) is 0 Å². The summed E-state index contributed by atoms with van der Waals surface area (Å²) >= 11 is 6.00. The molecule has 0 unspecified atom stereocenters. The van der Waals surface area contributed by atoms with Gasteiger partial charge < -0.3 is 10.6 Å². The monoisotopic (exact) mass is 468 g/mol. The topological polar surface area (TPSA) is 60.2 Å². The van der Waals surface area contributed by atoms with E-state index in [1.165, 1.54) is 5.56 Å². The van der Waals surface area contributed by atoms with Crippen molar-refractivity contribution in [2.75, 3.05) is 13.1 Å². The Morgan fingerprint density at radius 1 is 1.12 bits per heavy atom. The Hall–Kier alpha value is -1.78. The van der Waals surface area contributed by atoms with E-state index in [1.54, 1.807) is 0 Å². The number of aliphatic imine (C=N–C) groups is 1. The largest absolute Gasteiger partial charge is 0.357 e. The summed E-state index contributed by atoms with van der Waals surface area (Å²) in [7, 11) is 0. The normalized spacial score (nSPS) is 10.5. The summed E-state index contributed by atoms with van der Waals surface area (Å²) in [5, 5.41) is 16.1. The highest BCUT2D eigenvalue weighted by Crippen LogP contribution is 2.10. The molecule has 0 saturated carbocycles. The molecule has 0 aromatic heterocycles. The quantitative estimate of drug-likeness (QED) is 0.381. The lowest BCUT2D eigenvalue weighted by Crippen LogP contribution is -2.38. The Labute approximate surface area is 171 Å². The molecule has 2 N–H and O–H groups in total.